The van der Waals surface area contributed by atoms with Crippen molar-refractivity contribution in [1.82, 2.24) is 10.1 Å². The molecule has 3 aliphatic heterocycles. The van der Waals surface area contributed by atoms with Crippen molar-refractivity contribution in [1.29, 1.82) is 0 Å². The van der Waals surface area contributed by atoms with Crippen LogP contribution >= 0.6 is 0 Å². The number of rotatable bonds is 19. The molecule has 1 fully saturated rings. The number of unbranched alkanes of at least 4 members (excludes halogenated alkanes) is 2. The fraction of sp³-hybridized carbons (Fsp3) is 0.419. The van der Waals surface area contributed by atoms with Crippen LogP contribution in [0.15, 0.2) is 112 Å². The van der Waals surface area contributed by atoms with Crippen LogP contribution < -0.4 is 4.90 Å². The van der Waals surface area contributed by atoms with E-state index in [-0.39, 0.29) is 37.0 Å². The Morgan fingerprint density at radius 3 is 2.25 bits per heavy atom. The van der Waals surface area contributed by atoms with Gasteiger partial charge in [0, 0.05) is 60.6 Å². The highest BCUT2D eigenvalue weighted by molar-refractivity contribution is 7.86. The molecule has 0 spiro atoms. The maximum absolute atomic E-state index is 12.9. The molecule has 0 aromatic heterocycles. The second-order valence-electron chi connectivity index (χ2n) is 15.4. The number of nitrogens with zero attached hydrogens (tertiary/aromatic N) is 4. The third-order valence-corrected chi connectivity index (χ3v) is 12.5. The van der Waals surface area contributed by atoms with Crippen LogP contribution in [0.4, 0.5) is 5.69 Å². The molecular formula is C43H54N4O12S2. The zero-order chi connectivity index (χ0) is 45.3. The highest BCUT2D eigenvalue weighted by Gasteiger charge is 2.41. The number of carbonyl (C=O) groups excluding carboxylic acids is 4. The first-order valence-electron chi connectivity index (χ1n) is 19.7. The Labute approximate surface area is 357 Å². The number of fused-ring (bicyclic) bond motifs is 1. The van der Waals surface area contributed by atoms with Crippen molar-refractivity contribution >= 4 is 55.3 Å². The average molecular weight is 883 g/mol. The highest BCUT2D eigenvalue weighted by Crippen LogP contribution is 2.49. The molecule has 1 saturated heterocycles. The quantitative estimate of drug-likeness (QED) is 0.0391. The van der Waals surface area contributed by atoms with Gasteiger partial charge in [0.2, 0.25) is 0 Å². The normalized spacial score (nSPS) is 21.0. The van der Waals surface area contributed by atoms with Gasteiger partial charge in [-0.1, -0.05) is 63.3 Å². The van der Waals surface area contributed by atoms with Crippen molar-refractivity contribution in [3.05, 3.63) is 108 Å². The van der Waals surface area contributed by atoms with Crippen molar-refractivity contribution in [2.24, 2.45) is 10.4 Å². The molecular weight excluding hydrogens is 829 g/mol. The number of likely N-dealkylation sites (N-methyl/N-ethyl adjacent to an activating group) is 1. The van der Waals surface area contributed by atoms with Gasteiger partial charge in [-0.15, -0.1) is 5.06 Å². The maximum Gasteiger partial charge on any atom is 0.333 e. The lowest BCUT2D eigenvalue weighted by Crippen LogP contribution is -2.32. The number of allylic oxidation sites excluding steroid dienone is 10. The molecule has 16 nitrogen and oxygen atoms in total. The summed E-state index contributed by atoms with van der Waals surface area (Å²) in [5, 5.41) is 1.61. The summed E-state index contributed by atoms with van der Waals surface area (Å²) in [7, 11) is -5.83. The van der Waals surface area contributed by atoms with Crippen LogP contribution in [-0.2, 0) is 54.5 Å². The van der Waals surface area contributed by atoms with Crippen molar-refractivity contribution in [3.63, 3.8) is 0 Å². The van der Waals surface area contributed by atoms with E-state index in [1.165, 1.54) is 26.3 Å². The van der Waals surface area contributed by atoms with Crippen molar-refractivity contribution < 1.29 is 54.8 Å². The molecule has 1 unspecified atom stereocenters. The highest BCUT2D eigenvalue weighted by atomic mass is 32.2. The van der Waals surface area contributed by atoms with Crippen LogP contribution in [-0.4, -0.2) is 91.9 Å². The van der Waals surface area contributed by atoms with Gasteiger partial charge in [0.25, 0.3) is 38.0 Å². The Morgan fingerprint density at radius 1 is 0.967 bits per heavy atom. The van der Waals surface area contributed by atoms with Crippen molar-refractivity contribution in [2.45, 2.75) is 89.4 Å². The molecule has 0 aliphatic carbocycles. The van der Waals surface area contributed by atoms with E-state index in [1.54, 1.807) is 49.4 Å². The van der Waals surface area contributed by atoms with Crippen molar-refractivity contribution in [3.8, 4) is 0 Å². The van der Waals surface area contributed by atoms with Crippen LogP contribution in [0, 0.1) is 5.41 Å². The Bertz CT molecular complexity index is 2360. The summed E-state index contributed by atoms with van der Waals surface area (Å²) in [5.74, 6) is -2.60. The second-order valence-corrected chi connectivity index (χ2v) is 18.4. The number of anilines is 1. The zero-order valence-electron chi connectivity index (χ0n) is 35.3. The topological polar surface area (TPSA) is 218 Å². The fourth-order valence-corrected chi connectivity index (χ4v) is 8.39. The lowest BCUT2D eigenvalue weighted by atomic mass is 9.74. The van der Waals surface area contributed by atoms with Gasteiger partial charge in [0.05, 0.1) is 29.2 Å². The van der Waals surface area contributed by atoms with Crippen molar-refractivity contribution in [2.75, 3.05) is 31.4 Å². The molecule has 0 radical (unpaired) electrons. The molecule has 1 aromatic rings. The number of hydroxylamine groups is 4. The van der Waals surface area contributed by atoms with E-state index < -0.39 is 60.5 Å². The first-order valence-corrected chi connectivity index (χ1v) is 22.7. The Hall–Kier alpha value is -5.27. The van der Waals surface area contributed by atoms with Crippen LogP contribution in [0.1, 0.15) is 84.6 Å². The molecule has 1 atom stereocenters. The molecule has 3 heterocycles. The smallest absolute Gasteiger partial charge is 0.333 e. The maximum atomic E-state index is 12.9. The summed E-state index contributed by atoms with van der Waals surface area (Å²) in [6.07, 6.45) is 18.1. The number of imide groups is 1. The third kappa shape index (κ3) is 12.0. The summed E-state index contributed by atoms with van der Waals surface area (Å²) in [4.78, 5) is 65.3. The van der Waals surface area contributed by atoms with E-state index in [0.717, 1.165) is 16.4 Å². The molecule has 61 heavy (non-hydrogen) atoms. The van der Waals surface area contributed by atoms with E-state index in [0.29, 0.717) is 59.0 Å². The predicted molar refractivity (Wildman–Crippen MR) is 230 cm³/mol. The standard InChI is InChI=1S/C43H54N4O12S2/c1-8-31(41(51)45(6)58-7)28-33-30(2)44-36(43(33,5)25-17-27-60(52,53)54)18-13-10-9-11-14-19-37-42(3,4)34-29-32(61(55,56)57)21-22-35(34)46(37)26-16-12-15-20-40(50)59-47-38(48)23-24-39(47)49/h8-11,13-14,18-19,21-22,28-29H,2,12,15-17,20,23-27H2,1,3-7H3,(H,52,53,54)(H,55,56,57)/b10-9+,14-11+,18-13+,31-8+,33-28+,37-19+. The summed E-state index contributed by atoms with van der Waals surface area (Å²) in [6.45, 7) is 12.1. The van der Waals surface area contributed by atoms with Crippen LogP contribution in [0.2, 0.25) is 0 Å². The minimum atomic E-state index is -4.46. The molecule has 3 amide bonds. The first kappa shape index (κ1) is 48.4. The van der Waals surface area contributed by atoms with E-state index in [1.807, 2.05) is 39.0 Å². The van der Waals surface area contributed by atoms with E-state index in [2.05, 4.69) is 16.5 Å². The number of benzene rings is 1. The molecule has 1 aromatic carbocycles. The number of aliphatic imine (C=N–C) groups is 1. The number of carbonyl (C=O) groups is 4. The van der Waals surface area contributed by atoms with Gasteiger partial charge < -0.3 is 9.74 Å². The summed E-state index contributed by atoms with van der Waals surface area (Å²) in [6, 6.07) is 4.48. The predicted octanol–water partition coefficient (Wildman–Crippen LogP) is 6.29. The number of hydrogen-bond acceptors (Lipinski definition) is 12. The second kappa shape index (κ2) is 20.1. The van der Waals surface area contributed by atoms with Gasteiger partial charge in [-0.2, -0.15) is 16.8 Å². The number of amides is 3. The molecule has 2 N–H and O–H groups in total. The van der Waals surface area contributed by atoms with Gasteiger partial charge in [0.15, 0.2) is 0 Å². The molecule has 3 aliphatic rings. The first-order chi connectivity index (χ1) is 28.5. The molecule has 4 rings (SSSR count). The lowest BCUT2D eigenvalue weighted by molar-refractivity contribution is -0.197. The fourth-order valence-electron chi connectivity index (χ4n) is 7.37. The van der Waals surface area contributed by atoms with Gasteiger partial charge >= 0.3 is 5.97 Å². The SMILES string of the molecule is C=C1N=C(/C=C/C=C/C=C/C=C2/N(CCCCCC(=O)ON3C(=O)CCC3=O)c3ccc(S(=O)(=O)O)cc3C2(C)C)C(C)(CCCS(=O)(=O)O)/C1=C/C(=C\C)C(=O)N(C)OC. The molecule has 330 valence electrons. The minimum Gasteiger partial charge on any atom is -0.344 e. The van der Waals surface area contributed by atoms with E-state index in [4.69, 9.17) is 9.68 Å². The molecule has 0 bridgehead atoms. The molecule has 18 heteroatoms. The Balaban J connectivity index is 1.51. The van der Waals surface area contributed by atoms with Gasteiger partial charge in [-0.25, -0.2) is 9.86 Å². The van der Waals surface area contributed by atoms with E-state index in [9.17, 15) is 45.1 Å². The van der Waals surface area contributed by atoms with Gasteiger partial charge in [0.1, 0.15) is 0 Å². The van der Waals surface area contributed by atoms with Crippen LogP contribution in [0.5, 0.6) is 0 Å². The van der Waals surface area contributed by atoms with E-state index >= 15 is 0 Å². The molecule has 0 saturated carbocycles. The summed E-state index contributed by atoms with van der Waals surface area (Å²) in [5.41, 5.74) is 2.72. The third-order valence-electron chi connectivity index (χ3n) is 10.8. The number of hydrogen-bond donors (Lipinski definition) is 2. The van der Waals surface area contributed by atoms with Gasteiger partial charge in [-0.05, 0) is 87.1 Å². The zero-order valence-corrected chi connectivity index (χ0v) is 36.9. The summed E-state index contributed by atoms with van der Waals surface area (Å²) < 4.78 is 66.4. The Kier molecular flexibility index (Phi) is 15.9. The Morgan fingerprint density at radius 2 is 1.62 bits per heavy atom. The van der Waals surface area contributed by atoms with Gasteiger partial charge in [-0.3, -0.25) is 33.3 Å². The average Bonchev–Trinajstić information content (AvgIpc) is 3.71. The van der Waals surface area contributed by atoms with Crippen LogP contribution in [0.3, 0.4) is 0 Å². The lowest BCUT2D eigenvalue weighted by Gasteiger charge is -2.27. The largest absolute Gasteiger partial charge is 0.344 e. The summed E-state index contributed by atoms with van der Waals surface area (Å²) >= 11 is 0. The van der Waals surface area contributed by atoms with Crippen LogP contribution in [0.25, 0.3) is 0 Å². The minimum absolute atomic E-state index is 0.0136. The monoisotopic (exact) mass is 882 g/mol.